The van der Waals surface area contributed by atoms with Crippen molar-refractivity contribution in [3.05, 3.63) is 5.69 Å². The number of hydrogen-bond donors (Lipinski definition) is 2. The number of aromatic nitrogens is 3. The highest BCUT2D eigenvalue weighted by molar-refractivity contribution is 5.91. The van der Waals surface area contributed by atoms with Gasteiger partial charge in [0.1, 0.15) is 0 Å². The van der Waals surface area contributed by atoms with Crippen molar-refractivity contribution in [1.29, 1.82) is 0 Å². The van der Waals surface area contributed by atoms with E-state index in [4.69, 9.17) is 10.8 Å². The molecule has 0 saturated carbocycles. The summed E-state index contributed by atoms with van der Waals surface area (Å²) in [5.74, 6) is -0.615. The van der Waals surface area contributed by atoms with Crippen molar-refractivity contribution in [2.75, 3.05) is 19.5 Å². The van der Waals surface area contributed by atoms with E-state index in [-0.39, 0.29) is 24.7 Å². The first-order valence-electron chi connectivity index (χ1n) is 3.58. The van der Waals surface area contributed by atoms with Crippen molar-refractivity contribution in [3.63, 3.8) is 0 Å². The number of carbonyl (C=O) groups excluding carboxylic acids is 1. The molecule has 0 amide bonds. The summed E-state index contributed by atoms with van der Waals surface area (Å²) >= 11 is 0. The van der Waals surface area contributed by atoms with Crippen molar-refractivity contribution >= 4 is 11.8 Å². The minimum atomic E-state index is -0.615. The minimum absolute atomic E-state index is 0.000278. The highest BCUT2D eigenvalue weighted by Gasteiger charge is 2.18. The zero-order chi connectivity index (χ0) is 9.84. The predicted molar refractivity (Wildman–Crippen MR) is 42.9 cm³/mol. The molecule has 0 unspecified atom stereocenters. The normalized spacial score (nSPS) is 10.0. The number of aliphatic hydroxyl groups excluding tert-OH is 1. The molecule has 3 N–H and O–H groups in total. The molecule has 1 aromatic rings. The van der Waals surface area contributed by atoms with Crippen LogP contribution >= 0.6 is 0 Å². The molecule has 7 nitrogen and oxygen atoms in total. The van der Waals surface area contributed by atoms with Gasteiger partial charge in [-0.15, -0.1) is 5.10 Å². The summed E-state index contributed by atoms with van der Waals surface area (Å²) in [6.07, 6.45) is 0. The monoisotopic (exact) mass is 186 g/mol. The van der Waals surface area contributed by atoms with Crippen molar-refractivity contribution in [2.45, 2.75) is 6.54 Å². The molecular formula is C6H10N4O3. The van der Waals surface area contributed by atoms with Crippen molar-refractivity contribution in [2.24, 2.45) is 0 Å². The van der Waals surface area contributed by atoms with E-state index in [9.17, 15) is 4.79 Å². The highest BCUT2D eigenvalue weighted by Crippen LogP contribution is 2.07. The second-order valence-electron chi connectivity index (χ2n) is 2.26. The molecule has 0 radical (unpaired) electrons. The Balaban J connectivity index is 3.01. The van der Waals surface area contributed by atoms with E-state index >= 15 is 0 Å². The molecule has 0 saturated heterocycles. The number of nitrogen functional groups attached to an aromatic ring is 1. The Bertz CT molecular complexity index is 309. The summed E-state index contributed by atoms with van der Waals surface area (Å²) in [5.41, 5.74) is 5.44. The average Bonchev–Trinajstić information content (AvgIpc) is 2.47. The van der Waals surface area contributed by atoms with Crippen LogP contribution in [0.25, 0.3) is 0 Å². The third-order valence-electron chi connectivity index (χ3n) is 1.45. The molecular weight excluding hydrogens is 176 g/mol. The first-order valence-corrected chi connectivity index (χ1v) is 3.58. The molecule has 1 heterocycles. The van der Waals surface area contributed by atoms with Gasteiger partial charge in [-0.05, 0) is 0 Å². The van der Waals surface area contributed by atoms with Gasteiger partial charge in [-0.1, -0.05) is 5.21 Å². The van der Waals surface area contributed by atoms with Crippen LogP contribution in [0.15, 0.2) is 0 Å². The molecule has 0 aliphatic rings. The number of aliphatic hydroxyl groups is 1. The quantitative estimate of drug-likeness (QED) is 0.565. The maximum absolute atomic E-state index is 11.1. The first-order chi connectivity index (χ1) is 6.20. The second-order valence-corrected chi connectivity index (χ2v) is 2.26. The molecule has 0 fully saturated rings. The van der Waals surface area contributed by atoms with E-state index in [1.807, 2.05) is 0 Å². The zero-order valence-electron chi connectivity index (χ0n) is 7.10. The number of ether oxygens (including phenoxy) is 1. The van der Waals surface area contributed by atoms with Gasteiger partial charge in [-0.3, -0.25) is 0 Å². The third-order valence-corrected chi connectivity index (χ3v) is 1.45. The molecule has 0 atom stereocenters. The van der Waals surface area contributed by atoms with E-state index in [2.05, 4.69) is 15.0 Å². The largest absolute Gasteiger partial charge is 0.464 e. The van der Waals surface area contributed by atoms with Crippen LogP contribution in [0.1, 0.15) is 10.5 Å². The summed E-state index contributed by atoms with van der Waals surface area (Å²) in [6, 6.07) is 0. The van der Waals surface area contributed by atoms with Gasteiger partial charge in [0.05, 0.1) is 20.3 Å². The molecule has 1 aromatic heterocycles. The smallest absolute Gasteiger partial charge is 0.360 e. The van der Waals surface area contributed by atoms with Crippen LogP contribution in [0.2, 0.25) is 0 Å². The first kappa shape index (κ1) is 9.46. The van der Waals surface area contributed by atoms with Crippen molar-refractivity contribution < 1.29 is 14.6 Å². The summed E-state index contributed by atoms with van der Waals surface area (Å²) in [5, 5.41) is 15.7. The van der Waals surface area contributed by atoms with Gasteiger partial charge >= 0.3 is 5.97 Å². The third kappa shape index (κ3) is 1.75. The highest BCUT2D eigenvalue weighted by atomic mass is 16.5. The molecule has 72 valence electrons. The molecule has 0 spiro atoms. The number of nitrogens with zero attached hydrogens (tertiary/aromatic N) is 3. The van der Waals surface area contributed by atoms with E-state index in [0.29, 0.717) is 0 Å². The van der Waals surface area contributed by atoms with Crippen LogP contribution < -0.4 is 5.73 Å². The number of nitrogens with two attached hydrogens (primary N) is 1. The number of rotatable bonds is 3. The number of esters is 1. The van der Waals surface area contributed by atoms with Crippen molar-refractivity contribution in [3.8, 4) is 0 Å². The molecule has 13 heavy (non-hydrogen) atoms. The number of methoxy groups -OCH3 is 1. The molecule has 0 aliphatic carbocycles. The van der Waals surface area contributed by atoms with Gasteiger partial charge in [0.2, 0.25) is 0 Å². The van der Waals surface area contributed by atoms with Crippen molar-refractivity contribution in [1.82, 2.24) is 15.0 Å². The maximum Gasteiger partial charge on any atom is 0.360 e. The summed E-state index contributed by atoms with van der Waals surface area (Å²) in [6.45, 7) is 0.0153. The van der Waals surface area contributed by atoms with Gasteiger partial charge in [0.15, 0.2) is 11.5 Å². The van der Waals surface area contributed by atoms with E-state index in [0.717, 1.165) is 0 Å². The number of hydrogen-bond acceptors (Lipinski definition) is 6. The molecule has 0 bridgehead atoms. The molecule has 7 heteroatoms. The summed E-state index contributed by atoms with van der Waals surface area (Å²) in [4.78, 5) is 11.1. The van der Waals surface area contributed by atoms with Gasteiger partial charge in [0.25, 0.3) is 0 Å². The van der Waals surface area contributed by atoms with Gasteiger partial charge in [-0.25, -0.2) is 9.48 Å². The second kappa shape index (κ2) is 3.85. The Morgan fingerprint density at radius 3 is 3.00 bits per heavy atom. The lowest BCUT2D eigenvalue weighted by atomic mass is 10.4. The number of carbonyl (C=O) groups is 1. The lowest BCUT2D eigenvalue weighted by Crippen LogP contribution is -2.15. The SMILES string of the molecule is COC(=O)c1c(N)nnn1CCO. The lowest BCUT2D eigenvalue weighted by molar-refractivity contribution is 0.0586. The lowest BCUT2D eigenvalue weighted by Gasteiger charge is -2.01. The van der Waals surface area contributed by atoms with E-state index in [1.54, 1.807) is 0 Å². The predicted octanol–water partition coefficient (Wildman–Crippen LogP) is -1.36. The van der Waals surface area contributed by atoms with Crippen LogP contribution in [-0.2, 0) is 11.3 Å². The number of anilines is 1. The molecule has 0 aliphatic heterocycles. The Hall–Kier alpha value is -1.63. The summed E-state index contributed by atoms with van der Waals surface area (Å²) < 4.78 is 5.66. The Morgan fingerprint density at radius 2 is 2.46 bits per heavy atom. The summed E-state index contributed by atoms with van der Waals surface area (Å²) in [7, 11) is 1.23. The fraction of sp³-hybridized carbons (Fsp3) is 0.500. The standard InChI is InChI=1S/C6H10N4O3/c1-13-6(12)4-5(7)8-9-10(4)2-3-11/h11H,2-3,7H2,1H3. The van der Waals surface area contributed by atoms with Crippen LogP contribution in [-0.4, -0.2) is 39.8 Å². The fourth-order valence-electron chi connectivity index (χ4n) is 0.884. The Kier molecular flexibility index (Phi) is 2.80. The zero-order valence-corrected chi connectivity index (χ0v) is 7.10. The minimum Gasteiger partial charge on any atom is -0.464 e. The maximum atomic E-state index is 11.1. The van der Waals surface area contributed by atoms with Crippen LogP contribution in [0.5, 0.6) is 0 Å². The molecule has 1 rings (SSSR count). The van der Waals surface area contributed by atoms with Crippen LogP contribution in [0.4, 0.5) is 5.82 Å². The fourth-order valence-corrected chi connectivity index (χ4v) is 0.884. The Labute approximate surface area is 74.1 Å². The van der Waals surface area contributed by atoms with E-state index in [1.165, 1.54) is 11.8 Å². The van der Waals surface area contributed by atoms with Gasteiger partial charge < -0.3 is 15.6 Å². The topological polar surface area (TPSA) is 103 Å². The average molecular weight is 186 g/mol. The molecule has 0 aromatic carbocycles. The van der Waals surface area contributed by atoms with Gasteiger partial charge in [-0.2, -0.15) is 0 Å². The Morgan fingerprint density at radius 1 is 1.77 bits per heavy atom. The van der Waals surface area contributed by atoms with Crippen LogP contribution in [0.3, 0.4) is 0 Å². The van der Waals surface area contributed by atoms with E-state index < -0.39 is 5.97 Å². The van der Waals surface area contributed by atoms with Crippen LogP contribution in [0, 0.1) is 0 Å². The van der Waals surface area contributed by atoms with Gasteiger partial charge in [0, 0.05) is 0 Å².